The van der Waals surface area contributed by atoms with E-state index in [1.165, 1.54) is 141 Å². The van der Waals surface area contributed by atoms with Gasteiger partial charge in [-0.3, -0.25) is 18.6 Å². The molecule has 1 amide bonds. The molecule has 0 bridgehead atoms. The third kappa shape index (κ3) is 59.7. The minimum atomic E-state index is -4.64. The third-order valence-electron chi connectivity index (χ3n) is 12.5. The Labute approximate surface area is 461 Å². The van der Waals surface area contributed by atoms with Crippen LogP contribution < -0.4 is 5.32 Å². The van der Waals surface area contributed by atoms with Gasteiger partial charge in [-0.05, 0) is 12.8 Å². The lowest BCUT2D eigenvalue weighted by Gasteiger charge is -2.20. The molecule has 0 aromatic rings. The Balaban J connectivity index is 4.36. The lowest BCUT2D eigenvalue weighted by atomic mass is 10.0. The van der Waals surface area contributed by atoms with Crippen LogP contribution in [0.2, 0.25) is 0 Å². The van der Waals surface area contributed by atoms with Crippen LogP contribution in [-0.2, 0) is 70.6 Å². The number of rotatable bonds is 63. The number of hydrogen-bond acceptors (Lipinski definition) is 16. The van der Waals surface area contributed by atoms with E-state index in [9.17, 15) is 23.8 Å². The zero-order valence-corrected chi connectivity index (χ0v) is 49.3. The number of hydrogen-bond donors (Lipinski definition) is 2. The van der Waals surface area contributed by atoms with Crippen molar-refractivity contribution in [3.63, 3.8) is 0 Å². The number of nitrogens with one attached hydrogen (secondary N) is 1. The van der Waals surface area contributed by atoms with Gasteiger partial charge >= 0.3 is 25.9 Å². The number of ether oxygens (including phenoxy) is 10. The Morgan fingerprint density at radius 1 is 0.395 bits per heavy atom. The van der Waals surface area contributed by atoms with Gasteiger partial charge in [-0.25, -0.2) is 9.36 Å². The second-order valence-corrected chi connectivity index (χ2v) is 21.0. The SMILES string of the molecule is CCCCCCCCCCCCCCCCCC(=O)OC[C@H](COP(=O)(O)OCCNC(=O)OCCOCCOCCOCCOCCOCCOCCOC)OC(=O)CCCCCCCCCCCCCCCCC. The summed E-state index contributed by atoms with van der Waals surface area (Å²) in [5, 5.41) is 2.42. The van der Waals surface area contributed by atoms with Gasteiger partial charge in [0.1, 0.15) is 13.2 Å². The van der Waals surface area contributed by atoms with Crippen LogP contribution in [-0.4, -0.2) is 155 Å². The maximum Gasteiger partial charge on any atom is 0.472 e. The zero-order valence-electron chi connectivity index (χ0n) is 48.4. The number of unbranched alkanes of at least 4 members (excludes halogenated alkanes) is 28. The molecule has 0 saturated heterocycles. The van der Waals surface area contributed by atoms with Gasteiger partial charge in [0.05, 0.1) is 99.1 Å². The largest absolute Gasteiger partial charge is 0.472 e. The fourth-order valence-corrected chi connectivity index (χ4v) is 8.77. The van der Waals surface area contributed by atoms with Crippen molar-refractivity contribution in [2.24, 2.45) is 0 Å². The van der Waals surface area contributed by atoms with Crippen LogP contribution >= 0.6 is 7.82 Å². The normalized spacial score (nSPS) is 12.7. The summed E-state index contributed by atoms with van der Waals surface area (Å²) in [5.41, 5.74) is 0. The fourth-order valence-electron chi connectivity index (χ4n) is 8.02. The lowest BCUT2D eigenvalue weighted by molar-refractivity contribution is -0.161. The third-order valence-corrected chi connectivity index (χ3v) is 13.5. The predicted molar refractivity (Wildman–Crippen MR) is 298 cm³/mol. The topological polar surface area (TPSA) is 211 Å². The predicted octanol–water partition coefficient (Wildman–Crippen LogP) is 12.6. The minimum absolute atomic E-state index is 0.0196. The summed E-state index contributed by atoms with van der Waals surface area (Å²) in [6.07, 6.45) is 35.1. The first-order chi connectivity index (χ1) is 37.2. The molecular formula is C57H112NO17P. The molecule has 19 heteroatoms. The molecule has 0 spiro atoms. The molecule has 76 heavy (non-hydrogen) atoms. The number of phosphoric ester groups is 1. The van der Waals surface area contributed by atoms with E-state index in [0.717, 1.165) is 38.5 Å². The lowest BCUT2D eigenvalue weighted by Crippen LogP contribution is -2.30. The second-order valence-electron chi connectivity index (χ2n) is 19.5. The molecule has 0 aliphatic heterocycles. The average Bonchev–Trinajstić information content (AvgIpc) is 3.41. The van der Waals surface area contributed by atoms with Crippen LogP contribution in [0.3, 0.4) is 0 Å². The summed E-state index contributed by atoms with van der Waals surface area (Å²) in [4.78, 5) is 47.9. The molecule has 0 radical (unpaired) electrons. The molecule has 0 aliphatic rings. The number of phosphoric acid groups is 1. The highest BCUT2D eigenvalue weighted by atomic mass is 31.2. The monoisotopic (exact) mass is 1110 g/mol. The summed E-state index contributed by atoms with van der Waals surface area (Å²) < 4.78 is 76.4. The molecule has 2 N–H and O–H groups in total. The molecule has 0 rings (SSSR count). The first kappa shape index (κ1) is 74.0. The molecule has 452 valence electrons. The Hall–Kier alpha value is -1.96. The number of methoxy groups -OCH3 is 1. The van der Waals surface area contributed by atoms with Crippen molar-refractivity contribution in [3.8, 4) is 0 Å². The zero-order chi connectivity index (χ0) is 55.4. The molecule has 0 fully saturated rings. The Morgan fingerprint density at radius 2 is 0.724 bits per heavy atom. The van der Waals surface area contributed by atoms with Crippen molar-refractivity contribution in [2.75, 3.05) is 126 Å². The number of alkyl carbamates (subject to hydrolysis) is 1. The van der Waals surface area contributed by atoms with Gasteiger partial charge < -0.3 is 57.6 Å². The Bertz CT molecular complexity index is 1290. The van der Waals surface area contributed by atoms with Crippen LogP contribution in [0.25, 0.3) is 0 Å². The van der Waals surface area contributed by atoms with E-state index in [1.54, 1.807) is 7.11 Å². The van der Waals surface area contributed by atoms with Crippen LogP contribution in [0.4, 0.5) is 4.79 Å². The molecular weight excluding hydrogens is 1000 g/mol. The van der Waals surface area contributed by atoms with Gasteiger partial charge in [0.2, 0.25) is 0 Å². The first-order valence-corrected chi connectivity index (χ1v) is 31.6. The minimum Gasteiger partial charge on any atom is -0.462 e. The van der Waals surface area contributed by atoms with Crippen LogP contribution in [0.15, 0.2) is 0 Å². The summed E-state index contributed by atoms with van der Waals surface area (Å²) in [6.45, 7) is 8.70. The van der Waals surface area contributed by atoms with E-state index >= 15 is 0 Å². The fraction of sp³-hybridized carbons (Fsp3) is 0.947. The van der Waals surface area contributed by atoms with Crippen molar-refractivity contribution in [2.45, 2.75) is 225 Å². The summed E-state index contributed by atoms with van der Waals surface area (Å²) in [6, 6.07) is 0. The molecule has 0 aromatic heterocycles. The van der Waals surface area contributed by atoms with Crippen molar-refractivity contribution >= 4 is 25.9 Å². The van der Waals surface area contributed by atoms with Gasteiger partial charge in [-0.15, -0.1) is 0 Å². The Morgan fingerprint density at radius 3 is 1.09 bits per heavy atom. The van der Waals surface area contributed by atoms with Gasteiger partial charge in [-0.2, -0.15) is 0 Å². The van der Waals surface area contributed by atoms with Crippen molar-refractivity contribution < 1.29 is 80.3 Å². The van der Waals surface area contributed by atoms with Crippen LogP contribution in [0.1, 0.15) is 219 Å². The highest BCUT2D eigenvalue weighted by molar-refractivity contribution is 7.47. The number of carbonyl (C=O) groups excluding carboxylic acids is 3. The molecule has 1 unspecified atom stereocenters. The maximum absolute atomic E-state index is 12.9. The van der Waals surface area contributed by atoms with Gasteiger partial charge in [0.15, 0.2) is 6.10 Å². The van der Waals surface area contributed by atoms with E-state index in [-0.39, 0.29) is 45.8 Å². The smallest absolute Gasteiger partial charge is 0.462 e. The summed E-state index contributed by atoms with van der Waals surface area (Å²) in [5.74, 6) is -0.919. The molecule has 0 aromatic carbocycles. The number of esters is 2. The molecule has 0 saturated carbocycles. The highest BCUT2D eigenvalue weighted by Gasteiger charge is 2.26. The second kappa shape index (κ2) is 60.7. The van der Waals surface area contributed by atoms with E-state index in [0.29, 0.717) is 92.1 Å². The van der Waals surface area contributed by atoms with E-state index in [2.05, 4.69) is 19.2 Å². The van der Waals surface area contributed by atoms with Crippen LogP contribution in [0, 0.1) is 0 Å². The van der Waals surface area contributed by atoms with Gasteiger partial charge in [0.25, 0.3) is 0 Å². The quantitative estimate of drug-likeness (QED) is 0.0251. The molecule has 18 nitrogen and oxygen atoms in total. The van der Waals surface area contributed by atoms with E-state index in [1.807, 2.05) is 0 Å². The van der Waals surface area contributed by atoms with Crippen LogP contribution in [0.5, 0.6) is 0 Å². The number of carbonyl (C=O) groups is 3. The van der Waals surface area contributed by atoms with E-state index < -0.39 is 38.6 Å². The maximum atomic E-state index is 12.9. The summed E-state index contributed by atoms with van der Waals surface area (Å²) in [7, 11) is -3.01. The van der Waals surface area contributed by atoms with Crippen molar-refractivity contribution in [3.05, 3.63) is 0 Å². The number of amides is 1. The molecule has 0 heterocycles. The molecule has 0 aliphatic carbocycles. The first-order valence-electron chi connectivity index (χ1n) is 30.1. The van der Waals surface area contributed by atoms with Gasteiger partial charge in [-0.1, -0.05) is 194 Å². The van der Waals surface area contributed by atoms with Gasteiger partial charge in [0, 0.05) is 26.5 Å². The molecule has 2 atom stereocenters. The van der Waals surface area contributed by atoms with E-state index in [4.69, 9.17) is 56.4 Å². The van der Waals surface area contributed by atoms with Crippen molar-refractivity contribution in [1.29, 1.82) is 0 Å². The average molecular weight is 1110 g/mol. The summed E-state index contributed by atoms with van der Waals surface area (Å²) >= 11 is 0. The standard InChI is InChI=1S/C57H112NO17P/c1-4-6-8-10-12-14-16-18-20-22-24-26-28-30-32-34-55(59)72-52-54(75-56(60)35-33-31-29-27-25-23-21-19-17-15-13-11-9-7-5-2)53-74-76(62,63)73-37-36-58-57(61)71-51-50-70-49-48-69-47-46-68-45-44-67-43-42-66-41-40-65-39-38-64-3/h54H,4-53H2,1-3H3,(H,58,61)(H,62,63)/t54-/m1/s1. The highest BCUT2D eigenvalue weighted by Crippen LogP contribution is 2.43. The van der Waals surface area contributed by atoms with Crippen molar-refractivity contribution in [1.82, 2.24) is 5.32 Å². The Kier molecular flexibility index (Phi) is 59.1.